The summed E-state index contributed by atoms with van der Waals surface area (Å²) in [5, 5.41) is 11.2. The van der Waals surface area contributed by atoms with Gasteiger partial charge in [-0.1, -0.05) is 6.92 Å². The van der Waals surface area contributed by atoms with Crippen LogP contribution in [0, 0.1) is 10.1 Å². The first-order chi connectivity index (χ1) is 12.1. The number of nitro groups is 1. The summed E-state index contributed by atoms with van der Waals surface area (Å²) < 4.78 is 0. The van der Waals surface area contributed by atoms with E-state index in [9.17, 15) is 14.9 Å². The number of carbonyl (C=O) groups is 1. The number of non-ortho nitro benzene ring substituents is 1. The molecule has 0 bridgehead atoms. The van der Waals surface area contributed by atoms with Gasteiger partial charge >= 0.3 is 0 Å². The maximum Gasteiger partial charge on any atom is 0.270 e. The van der Waals surface area contributed by atoms with Gasteiger partial charge in [-0.3, -0.25) is 14.9 Å². The molecule has 0 radical (unpaired) electrons. The molecule has 0 N–H and O–H groups in total. The lowest BCUT2D eigenvalue weighted by molar-refractivity contribution is -0.384. The highest BCUT2D eigenvalue weighted by atomic mass is 16.6. The van der Waals surface area contributed by atoms with Crippen molar-refractivity contribution in [1.29, 1.82) is 0 Å². The van der Waals surface area contributed by atoms with E-state index in [1.807, 2.05) is 4.90 Å². The van der Waals surface area contributed by atoms with Crippen LogP contribution in [-0.2, 0) is 0 Å². The van der Waals surface area contributed by atoms with E-state index in [0.29, 0.717) is 18.7 Å². The predicted molar refractivity (Wildman–Crippen MR) is 97.2 cm³/mol. The second kappa shape index (κ2) is 7.82. The van der Waals surface area contributed by atoms with Crippen molar-refractivity contribution in [3.63, 3.8) is 0 Å². The molecule has 7 heteroatoms. The average Bonchev–Trinajstić information content (AvgIpc) is 2.67. The summed E-state index contributed by atoms with van der Waals surface area (Å²) in [5.41, 5.74) is 1.30. The molecule has 0 aromatic heterocycles. The average molecular weight is 346 g/mol. The Hall–Kier alpha value is -2.15. The zero-order chi connectivity index (χ0) is 17.8. The largest absolute Gasteiger partial charge is 0.371 e. The molecule has 0 spiro atoms. The summed E-state index contributed by atoms with van der Waals surface area (Å²) in [6, 6.07) is 4.72. The number of likely N-dealkylation sites (N-methyl/N-ethyl adjacent to an activating group) is 1. The lowest BCUT2D eigenvalue weighted by Crippen LogP contribution is -2.48. The summed E-state index contributed by atoms with van der Waals surface area (Å²) in [7, 11) is 0. The molecule has 1 aromatic carbocycles. The van der Waals surface area contributed by atoms with Crippen molar-refractivity contribution in [3.05, 3.63) is 33.9 Å². The van der Waals surface area contributed by atoms with Gasteiger partial charge < -0.3 is 14.7 Å². The number of anilines is 1. The Balaban J connectivity index is 1.87. The normalized spacial score (nSPS) is 19.1. The van der Waals surface area contributed by atoms with Crippen LogP contribution in [0.15, 0.2) is 18.2 Å². The predicted octanol–water partition coefficient (Wildman–Crippen LogP) is 2.36. The van der Waals surface area contributed by atoms with E-state index >= 15 is 0 Å². The zero-order valence-electron chi connectivity index (χ0n) is 14.8. The highest BCUT2D eigenvalue weighted by Gasteiger charge is 2.27. The zero-order valence-corrected chi connectivity index (χ0v) is 14.8. The maximum atomic E-state index is 13.1. The fourth-order valence-corrected chi connectivity index (χ4v) is 3.66. The van der Waals surface area contributed by atoms with Gasteiger partial charge in [0.25, 0.3) is 11.6 Å². The lowest BCUT2D eigenvalue weighted by Gasteiger charge is -2.35. The van der Waals surface area contributed by atoms with Crippen LogP contribution in [0.2, 0.25) is 0 Å². The molecule has 2 saturated heterocycles. The van der Waals surface area contributed by atoms with E-state index in [4.69, 9.17) is 0 Å². The van der Waals surface area contributed by atoms with Crippen molar-refractivity contribution in [1.82, 2.24) is 9.80 Å². The first kappa shape index (κ1) is 17.7. The quantitative estimate of drug-likeness (QED) is 0.618. The third-order valence-electron chi connectivity index (χ3n) is 5.22. The van der Waals surface area contributed by atoms with Crippen molar-refractivity contribution in [2.45, 2.75) is 26.2 Å². The van der Waals surface area contributed by atoms with Gasteiger partial charge in [-0.2, -0.15) is 0 Å². The van der Waals surface area contributed by atoms with Crippen LogP contribution in [0.5, 0.6) is 0 Å². The van der Waals surface area contributed by atoms with Gasteiger partial charge in [0, 0.05) is 51.4 Å². The van der Waals surface area contributed by atoms with Gasteiger partial charge in [-0.15, -0.1) is 0 Å². The first-order valence-electron chi connectivity index (χ1n) is 9.15. The highest BCUT2D eigenvalue weighted by molar-refractivity contribution is 6.00. The van der Waals surface area contributed by atoms with Crippen molar-refractivity contribution in [2.24, 2.45) is 0 Å². The Morgan fingerprint density at radius 2 is 1.76 bits per heavy atom. The molecular weight excluding hydrogens is 320 g/mol. The molecular formula is C18H26N4O3. The van der Waals surface area contributed by atoms with Crippen LogP contribution in [-0.4, -0.2) is 66.4 Å². The number of rotatable bonds is 4. The van der Waals surface area contributed by atoms with Crippen LogP contribution < -0.4 is 4.90 Å². The molecule has 2 heterocycles. The number of nitro benzene ring substituents is 1. The van der Waals surface area contributed by atoms with Gasteiger partial charge in [0.1, 0.15) is 0 Å². The van der Waals surface area contributed by atoms with Crippen LogP contribution >= 0.6 is 0 Å². The Morgan fingerprint density at radius 1 is 1.08 bits per heavy atom. The van der Waals surface area contributed by atoms with Gasteiger partial charge in [0.05, 0.1) is 16.2 Å². The molecule has 25 heavy (non-hydrogen) atoms. The van der Waals surface area contributed by atoms with E-state index in [-0.39, 0.29) is 11.6 Å². The number of benzene rings is 1. The molecule has 7 nitrogen and oxygen atoms in total. The van der Waals surface area contributed by atoms with Crippen molar-refractivity contribution < 1.29 is 9.72 Å². The molecule has 2 aliphatic heterocycles. The minimum Gasteiger partial charge on any atom is -0.371 e. The molecule has 0 aliphatic carbocycles. The number of piperidine rings is 1. The molecule has 136 valence electrons. The van der Waals surface area contributed by atoms with Gasteiger partial charge in [0.15, 0.2) is 0 Å². The van der Waals surface area contributed by atoms with E-state index in [1.165, 1.54) is 18.6 Å². The van der Waals surface area contributed by atoms with Crippen LogP contribution in [0.4, 0.5) is 11.4 Å². The number of piperazine rings is 1. The fraction of sp³-hybridized carbons (Fsp3) is 0.611. The van der Waals surface area contributed by atoms with E-state index in [0.717, 1.165) is 51.3 Å². The van der Waals surface area contributed by atoms with Crippen molar-refractivity contribution >= 4 is 17.3 Å². The molecule has 0 saturated carbocycles. The third-order valence-corrected chi connectivity index (χ3v) is 5.22. The minimum absolute atomic E-state index is 0.0173. The summed E-state index contributed by atoms with van der Waals surface area (Å²) in [6.07, 6.45) is 3.39. The minimum atomic E-state index is -0.425. The Labute approximate surface area is 148 Å². The Kier molecular flexibility index (Phi) is 5.53. The van der Waals surface area contributed by atoms with Gasteiger partial charge in [-0.25, -0.2) is 0 Å². The Morgan fingerprint density at radius 3 is 2.36 bits per heavy atom. The SMILES string of the molecule is CCN1CCN(C(=O)c2cc([N+](=O)[O-])ccc2N2CCCCC2)CC1. The third kappa shape index (κ3) is 3.92. The summed E-state index contributed by atoms with van der Waals surface area (Å²) in [6.45, 7) is 7.98. The molecule has 0 unspecified atom stereocenters. The molecule has 1 amide bonds. The van der Waals surface area contributed by atoms with Crippen LogP contribution in [0.25, 0.3) is 0 Å². The van der Waals surface area contributed by atoms with E-state index < -0.39 is 4.92 Å². The molecule has 3 rings (SSSR count). The van der Waals surface area contributed by atoms with Gasteiger partial charge in [-0.05, 0) is 31.9 Å². The van der Waals surface area contributed by atoms with E-state index in [2.05, 4.69) is 16.7 Å². The molecule has 1 aromatic rings. The summed E-state index contributed by atoms with van der Waals surface area (Å²) >= 11 is 0. The fourth-order valence-electron chi connectivity index (χ4n) is 3.66. The number of hydrogen-bond donors (Lipinski definition) is 0. The number of carbonyl (C=O) groups excluding carboxylic acids is 1. The maximum absolute atomic E-state index is 13.1. The first-order valence-corrected chi connectivity index (χ1v) is 9.15. The standard InChI is InChI=1S/C18H26N4O3/c1-2-19-10-12-21(13-11-19)18(23)16-14-15(22(24)25)6-7-17(16)20-8-4-3-5-9-20/h6-7,14H,2-5,8-13H2,1H3. The second-order valence-corrected chi connectivity index (χ2v) is 6.73. The smallest absolute Gasteiger partial charge is 0.270 e. The van der Waals surface area contributed by atoms with Gasteiger partial charge in [0.2, 0.25) is 0 Å². The number of hydrogen-bond acceptors (Lipinski definition) is 5. The number of amides is 1. The van der Waals surface area contributed by atoms with Crippen LogP contribution in [0.3, 0.4) is 0 Å². The second-order valence-electron chi connectivity index (χ2n) is 6.73. The van der Waals surface area contributed by atoms with Crippen molar-refractivity contribution in [3.8, 4) is 0 Å². The van der Waals surface area contributed by atoms with Crippen LogP contribution in [0.1, 0.15) is 36.5 Å². The Bertz CT molecular complexity index is 635. The highest BCUT2D eigenvalue weighted by Crippen LogP contribution is 2.29. The lowest BCUT2D eigenvalue weighted by atomic mass is 10.0. The number of nitrogens with zero attached hydrogens (tertiary/aromatic N) is 4. The monoisotopic (exact) mass is 346 g/mol. The molecule has 2 fully saturated rings. The summed E-state index contributed by atoms with van der Waals surface area (Å²) in [4.78, 5) is 30.2. The summed E-state index contributed by atoms with van der Waals surface area (Å²) in [5.74, 6) is -0.0833. The topological polar surface area (TPSA) is 69.9 Å². The molecule has 0 atom stereocenters. The molecule has 2 aliphatic rings. The van der Waals surface area contributed by atoms with E-state index in [1.54, 1.807) is 6.07 Å². The van der Waals surface area contributed by atoms with Crippen molar-refractivity contribution in [2.75, 3.05) is 50.7 Å².